The first-order valence-electron chi connectivity index (χ1n) is 9.65. The van der Waals surface area contributed by atoms with Gasteiger partial charge in [-0.15, -0.1) is 0 Å². The first-order chi connectivity index (χ1) is 14.6. The minimum Gasteiger partial charge on any atom is -0.383 e. The van der Waals surface area contributed by atoms with Crippen molar-refractivity contribution in [3.05, 3.63) is 54.1 Å². The maximum Gasteiger partial charge on any atom is 0.255 e. The number of amides is 1. The van der Waals surface area contributed by atoms with Gasteiger partial charge < -0.3 is 10.1 Å². The summed E-state index contributed by atoms with van der Waals surface area (Å²) in [6.45, 7) is 2.32. The van der Waals surface area contributed by atoms with Crippen molar-refractivity contribution in [2.24, 2.45) is 0 Å². The smallest absolute Gasteiger partial charge is 0.255 e. The molecule has 1 aliphatic heterocycles. The normalized spacial score (nSPS) is 16.8. The highest BCUT2D eigenvalue weighted by molar-refractivity contribution is 7.93. The van der Waals surface area contributed by atoms with Crippen LogP contribution in [-0.2, 0) is 24.8 Å². The van der Waals surface area contributed by atoms with Crippen molar-refractivity contribution >= 4 is 37.3 Å². The van der Waals surface area contributed by atoms with Crippen molar-refractivity contribution in [3.63, 3.8) is 0 Å². The molecule has 0 radical (unpaired) electrons. The lowest BCUT2D eigenvalue weighted by Crippen LogP contribution is -2.35. The third kappa shape index (κ3) is 5.62. The average molecular weight is 468 g/mol. The van der Waals surface area contributed by atoms with E-state index in [1.165, 1.54) is 41.7 Å². The van der Waals surface area contributed by atoms with Crippen LogP contribution in [0, 0.1) is 0 Å². The molecular formula is C20H25N3O6S2. The molecule has 2 N–H and O–H groups in total. The summed E-state index contributed by atoms with van der Waals surface area (Å²) in [6.07, 6.45) is 0.549. The zero-order valence-corrected chi connectivity index (χ0v) is 18.9. The molecule has 0 saturated carbocycles. The van der Waals surface area contributed by atoms with E-state index in [9.17, 15) is 21.6 Å². The summed E-state index contributed by atoms with van der Waals surface area (Å²) in [5.74, 6) is -0.335. The van der Waals surface area contributed by atoms with Crippen LogP contribution in [0.25, 0.3) is 0 Å². The number of benzene rings is 2. The van der Waals surface area contributed by atoms with Gasteiger partial charge in [0.2, 0.25) is 20.0 Å². The van der Waals surface area contributed by atoms with Gasteiger partial charge in [0.05, 0.1) is 22.9 Å². The second kappa shape index (κ2) is 9.35. The monoisotopic (exact) mass is 467 g/mol. The zero-order valence-electron chi connectivity index (χ0n) is 17.2. The number of hydrogen-bond donors (Lipinski definition) is 2. The van der Waals surface area contributed by atoms with Crippen LogP contribution in [0.2, 0.25) is 0 Å². The Bertz CT molecular complexity index is 1150. The Balaban J connectivity index is 1.71. The van der Waals surface area contributed by atoms with Gasteiger partial charge in [-0.3, -0.25) is 9.10 Å². The molecule has 1 atom stereocenters. The Labute approximate surface area is 182 Å². The molecule has 1 amide bonds. The number of ether oxygens (including phenoxy) is 1. The maximum absolute atomic E-state index is 12.6. The van der Waals surface area contributed by atoms with Gasteiger partial charge >= 0.3 is 0 Å². The van der Waals surface area contributed by atoms with E-state index in [0.717, 1.165) is 0 Å². The fraction of sp³-hybridized carbons (Fsp3) is 0.350. The highest BCUT2D eigenvalue weighted by atomic mass is 32.2. The van der Waals surface area contributed by atoms with E-state index < -0.39 is 26.0 Å². The van der Waals surface area contributed by atoms with E-state index in [1.54, 1.807) is 25.1 Å². The van der Waals surface area contributed by atoms with Crippen LogP contribution in [-0.4, -0.2) is 54.8 Å². The minimum absolute atomic E-state index is 0.0645. The van der Waals surface area contributed by atoms with Crippen LogP contribution in [0.5, 0.6) is 0 Å². The predicted molar refractivity (Wildman–Crippen MR) is 118 cm³/mol. The van der Waals surface area contributed by atoms with Crippen LogP contribution < -0.4 is 14.3 Å². The van der Waals surface area contributed by atoms with Crippen LogP contribution in [0.4, 0.5) is 11.4 Å². The Morgan fingerprint density at radius 1 is 1.19 bits per heavy atom. The van der Waals surface area contributed by atoms with E-state index in [-0.39, 0.29) is 23.3 Å². The van der Waals surface area contributed by atoms with Crippen molar-refractivity contribution in [1.29, 1.82) is 0 Å². The third-order valence-corrected chi connectivity index (χ3v) is 8.17. The lowest BCUT2D eigenvalue weighted by Gasteiger charge is -2.17. The number of rotatable bonds is 8. The summed E-state index contributed by atoms with van der Waals surface area (Å²) < 4.78 is 57.7. The molecule has 0 aromatic heterocycles. The van der Waals surface area contributed by atoms with Crippen molar-refractivity contribution in [1.82, 2.24) is 4.72 Å². The molecule has 0 bridgehead atoms. The van der Waals surface area contributed by atoms with E-state index in [4.69, 9.17) is 4.74 Å². The van der Waals surface area contributed by atoms with Gasteiger partial charge in [-0.1, -0.05) is 6.07 Å². The van der Waals surface area contributed by atoms with Crippen LogP contribution in [0.1, 0.15) is 23.7 Å². The number of methoxy groups -OCH3 is 1. The molecule has 1 heterocycles. The van der Waals surface area contributed by atoms with Gasteiger partial charge in [-0.05, 0) is 55.8 Å². The molecular weight excluding hydrogens is 442 g/mol. The second-order valence-corrected chi connectivity index (χ2v) is 11.0. The molecule has 11 heteroatoms. The Hall–Kier alpha value is -2.47. The summed E-state index contributed by atoms with van der Waals surface area (Å²) in [4.78, 5) is 12.7. The van der Waals surface area contributed by atoms with Crippen LogP contribution in [0.3, 0.4) is 0 Å². The average Bonchev–Trinajstić information content (AvgIpc) is 3.07. The first-order valence-corrected chi connectivity index (χ1v) is 12.7. The highest BCUT2D eigenvalue weighted by Crippen LogP contribution is 2.25. The topological polar surface area (TPSA) is 122 Å². The standard InChI is InChI=1S/C20H25N3O6S2/c1-15(14-29-2)22-31(27,28)19-9-7-17(8-10-19)21-20(24)16-5-3-6-18(13-16)23-11-4-12-30(23,25)26/h3,5-10,13,15,22H,4,11-12,14H2,1-2H3,(H,21,24). The van der Waals surface area contributed by atoms with Crippen molar-refractivity contribution in [2.45, 2.75) is 24.3 Å². The molecule has 9 nitrogen and oxygen atoms in total. The molecule has 31 heavy (non-hydrogen) atoms. The van der Waals surface area contributed by atoms with Crippen LogP contribution >= 0.6 is 0 Å². The number of sulfonamides is 2. The molecule has 2 aromatic carbocycles. The summed E-state index contributed by atoms with van der Waals surface area (Å²) in [5, 5.41) is 2.69. The molecule has 0 aliphatic carbocycles. The molecule has 2 aromatic rings. The van der Waals surface area contributed by atoms with Gasteiger partial charge in [-0.25, -0.2) is 21.6 Å². The first kappa shape index (κ1) is 23.2. The number of anilines is 2. The Morgan fingerprint density at radius 2 is 1.90 bits per heavy atom. The fourth-order valence-corrected chi connectivity index (χ4v) is 6.05. The molecule has 3 rings (SSSR count). The minimum atomic E-state index is -3.71. The van der Waals surface area contributed by atoms with Crippen molar-refractivity contribution in [2.75, 3.05) is 35.6 Å². The Kier molecular flexibility index (Phi) is 6.99. The number of hydrogen-bond acceptors (Lipinski definition) is 6. The number of carbonyl (C=O) groups excluding carboxylic acids is 1. The third-order valence-electron chi connectivity index (χ3n) is 4.69. The largest absolute Gasteiger partial charge is 0.383 e. The molecule has 1 aliphatic rings. The molecule has 1 fully saturated rings. The maximum atomic E-state index is 12.6. The summed E-state index contributed by atoms with van der Waals surface area (Å²) in [6, 6.07) is 11.8. The number of nitrogens with one attached hydrogen (secondary N) is 2. The highest BCUT2D eigenvalue weighted by Gasteiger charge is 2.28. The van der Waals surface area contributed by atoms with E-state index in [0.29, 0.717) is 29.9 Å². The summed E-state index contributed by atoms with van der Waals surface area (Å²) >= 11 is 0. The van der Waals surface area contributed by atoms with Gasteiger partial charge in [-0.2, -0.15) is 0 Å². The molecule has 1 saturated heterocycles. The van der Waals surface area contributed by atoms with Gasteiger partial charge in [0.25, 0.3) is 5.91 Å². The van der Waals surface area contributed by atoms with Gasteiger partial charge in [0, 0.05) is 30.9 Å². The van der Waals surface area contributed by atoms with E-state index in [1.807, 2.05) is 0 Å². The lowest BCUT2D eigenvalue weighted by molar-refractivity contribution is 0.102. The predicted octanol–water partition coefficient (Wildman–Crippen LogP) is 1.79. The fourth-order valence-electron chi connectivity index (χ4n) is 3.27. The molecule has 1 unspecified atom stereocenters. The van der Waals surface area contributed by atoms with E-state index in [2.05, 4.69) is 10.0 Å². The van der Waals surface area contributed by atoms with Crippen molar-refractivity contribution in [3.8, 4) is 0 Å². The van der Waals surface area contributed by atoms with Gasteiger partial charge in [0.15, 0.2) is 0 Å². The summed E-state index contributed by atoms with van der Waals surface area (Å²) in [7, 11) is -5.56. The van der Waals surface area contributed by atoms with Gasteiger partial charge in [0.1, 0.15) is 0 Å². The molecule has 0 spiro atoms. The van der Waals surface area contributed by atoms with E-state index >= 15 is 0 Å². The SMILES string of the molecule is COCC(C)NS(=O)(=O)c1ccc(NC(=O)c2cccc(N3CCCS3(=O)=O)c2)cc1. The molecule has 168 valence electrons. The Morgan fingerprint density at radius 3 is 2.52 bits per heavy atom. The summed E-state index contributed by atoms with van der Waals surface area (Å²) in [5.41, 5.74) is 1.15. The number of carbonyl (C=O) groups is 1. The van der Waals surface area contributed by atoms with Crippen molar-refractivity contribution < 1.29 is 26.4 Å². The second-order valence-electron chi connectivity index (χ2n) is 7.25. The van der Waals surface area contributed by atoms with Crippen LogP contribution in [0.15, 0.2) is 53.4 Å². The quantitative estimate of drug-likeness (QED) is 0.610. The lowest BCUT2D eigenvalue weighted by atomic mass is 10.2. The zero-order chi connectivity index (χ0) is 22.6. The number of nitrogens with zero attached hydrogens (tertiary/aromatic N) is 1.